The predicted octanol–water partition coefficient (Wildman–Crippen LogP) is 3.30. The molecule has 14 heavy (non-hydrogen) atoms. The lowest BCUT2D eigenvalue weighted by atomic mass is 10.3. The topological polar surface area (TPSA) is 12.0 Å². The maximum absolute atomic E-state index is 12.7. The average molecular weight is 212 g/mol. The molecule has 0 aliphatic carbocycles. The van der Waals surface area contributed by atoms with Crippen LogP contribution in [-0.2, 0) is 0 Å². The Labute approximate surface area is 88.3 Å². The largest absolute Gasteiger partial charge is 0.384 e. The number of terminal acetylenes is 1. The molecule has 0 atom stereocenters. The van der Waals surface area contributed by atoms with Gasteiger partial charge in [0.1, 0.15) is 5.82 Å². The molecule has 0 saturated heterocycles. The molecule has 0 unspecified atom stereocenters. The van der Waals surface area contributed by atoms with Crippen molar-refractivity contribution in [3.05, 3.63) is 29.0 Å². The lowest BCUT2D eigenvalue weighted by molar-refractivity contribution is 0.628. The average Bonchev–Trinajstić information content (AvgIpc) is 2.15. The van der Waals surface area contributed by atoms with Gasteiger partial charge in [-0.15, -0.1) is 12.3 Å². The molecule has 0 spiro atoms. The Balaban J connectivity index is 2.47. The van der Waals surface area contributed by atoms with Gasteiger partial charge in [0.15, 0.2) is 0 Å². The number of unbranched alkanes of at least 4 members (excludes halogenated alkanes) is 1. The summed E-state index contributed by atoms with van der Waals surface area (Å²) in [6, 6.07) is 4.27. The molecule has 1 rings (SSSR count). The van der Waals surface area contributed by atoms with Gasteiger partial charge in [-0.25, -0.2) is 4.39 Å². The van der Waals surface area contributed by atoms with Gasteiger partial charge in [0.25, 0.3) is 0 Å². The highest BCUT2D eigenvalue weighted by atomic mass is 35.5. The van der Waals surface area contributed by atoms with E-state index >= 15 is 0 Å². The first kappa shape index (κ1) is 10.9. The summed E-state index contributed by atoms with van der Waals surface area (Å²) < 4.78 is 12.7. The Hall–Kier alpha value is -1.20. The zero-order valence-corrected chi connectivity index (χ0v) is 8.44. The Morgan fingerprint density at radius 1 is 1.50 bits per heavy atom. The van der Waals surface area contributed by atoms with E-state index in [0.29, 0.717) is 5.02 Å². The van der Waals surface area contributed by atoms with Gasteiger partial charge >= 0.3 is 0 Å². The SMILES string of the molecule is C#CCCCNc1ccc(F)cc1Cl. The van der Waals surface area contributed by atoms with E-state index in [9.17, 15) is 4.39 Å². The summed E-state index contributed by atoms with van der Waals surface area (Å²) in [5.41, 5.74) is 0.741. The number of rotatable bonds is 4. The van der Waals surface area contributed by atoms with E-state index in [1.165, 1.54) is 12.1 Å². The molecule has 1 aromatic carbocycles. The molecular formula is C11H11ClFN. The summed E-state index contributed by atoms with van der Waals surface area (Å²) in [6.07, 6.45) is 6.71. The second kappa shape index (κ2) is 5.51. The first-order chi connectivity index (χ1) is 6.74. The first-order valence-electron chi connectivity index (χ1n) is 4.36. The van der Waals surface area contributed by atoms with Crippen LogP contribution in [0.5, 0.6) is 0 Å². The summed E-state index contributed by atoms with van der Waals surface area (Å²) in [6.45, 7) is 0.746. The van der Waals surface area contributed by atoms with Crippen LogP contribution in [0.15, 0.2) is 18.2 Å². The van der Waals surface area contributed by atoms with Crippen molar-refractivity contribution in [1.29, 1.82) is 0 Å². The minimum absolute atomic E-state index is 0.329. The second-order valence-corrected chi connectivity index (χ2v) is 3.27. The molecule has 0 aromatic heterocycles. The van der Waals surface area contributed by atoms with Crippen molar-refractivity contribution in [2.45, 2.75) is 12.8 Å². The number of anilines is 1. The van der Waals surface area contributed by atoms with Crippen molar-refractivity contribution in [3.8, 4) is 12.3 Å². The molecule has 1 N–H and O–H groups in total. The van der Waals surface area contributed by atoms with Crippen LogP contribution in [0.1, 0.15) is 12.8 Å². The molecule has 0 amide bonds. The van der Waals surface area contributed by atoms with Crippen molar-refractivity contribution in [3.63, 3.8) is 0 Å². The minimum Gasteiger partial charge on any atom is -0.384 e. The third-order valence-corrected chi connectivity index (χ3v) is 2.06. The molecule has 0 heterocycles. The number of hydrogen-bond acceptors (Lipinski definition) is 1. The van der Waals surface area contributed by atoms with Crippen LogP contribution in [0.3, 0.4) is 0 Å². The standard InChI is InChI=1S/C11H11ClFN/c1-2-3-4-7-14-11-6-5-9(13)8-10(11)12/h1,5-6,8,14H,3-4,7H2. The van der Waals surface area contributed by atoms with Gasteiger partial charge in [0, 0.05) is 13.0 Å². The van der Waals surface area contributed by atoms with Crippen molar-refractivity contribution in [1.82, 2.24) is 0 Å². The van der Waals surface area contributed by atoms with Gasteiger partial charge < -0.3 is 5.32 Å². The quantitative estimate of drug-likeness (QED) is 0.595. The third kappa shape index (κ3) is 3.27. The lowest BCUT2D eigenvalue weighted by Gasteiger charge is -2.06. The molecule has 0 bridgehead atoms. The summed E-state index contributed by atoms with van der Waals surface area (Å²) in [4.78, 5) is 0. The summed E-state index contributed by atoms with van der Waals surface area (Å²) in [5, 5.41) is 3.47. The Morgan fingerprint density at radius 3 is 2.93 bits per heavy atom. The van der Waals surface area contributed by atoms with Gasteiger partial charge in [-0.1, -0.05) is 11.6 Å². The van der Waals surface area contributed by atoms with Crippen LogP contribution >= 0.6 is 11.6 Å². The highest BCUT2D eigenvalue weighted by molar-refractivity contribution is 6.33. The number of halogens is 2. The minimum atomic E-state index is -0.329. The van der Waals surface area contributed by atoms with Gasteiger partial charge in [-0.2, -0.15) is 0 Å². The number of nitrogens with one attached hydrogen (secondary N) is 1. The Bertz CT molecular complexity index is 344. The molecule has 74 valence electrons. The van der Waals surface area contributed by atoms with Crippen molar-refractivity contribution >= 4 is 17.3 Å². The summed E-state index contributed by atoms with van der Waals surface area (Å²) in [5.74, 6) is 2.22. The predicted molar refractivity (Wildman–Crippen MR) is 58.0 cm³/mol. The first-order valence-corrected chi connectivity index (χ1v) is 4.74. The molecule has 0 aliphatic heterocycles. The highest BCUT2D eigenvalue weighted by Gasteiger charge is 1.99. The van der Waals surface area contributed by atoms with Crippen LogP contribution in [-0.4, -0.2) is 6.54 Å². The van der Waals surface area contributed by atoms with Crippen LogP contribution in [0.4, 0.5) is 10.1 Å². The van der Waals surface area contributed by atoms with E-state index in [1.807, 2.05) is 0 Å². The van der Waals surface area contributed by atoms with Crippen molar-refractivity contribution in [2.75, 3.05) is 11.9 Å². The molecule has 0 saturated carbocycles. The summed E-state index contributed by atoms with van der Waals surface area (Å²) >= 11 is 5.80. The van der Waals surface area contributed by atoms with Crippen molar-refractivity contribution in [2.24, 2.45) is 0 Å². The fourth-order valence-corrected chi connectivity index (χ4v) is 1.28. The van der Waals surface area contributed by atoms with Crippen molar-refractivity contribution < 1.29 is 4.39 Å². The van der Waals surface area contributed by atoms with Gasteiger partial charge in [0.2, 0.25) is 0 Å². The molecule has 0 aliphatic rings. The van der Waals surface area contributed by atoms with Gasteiger partial charge in [0.05, 0.1) is 10.7 Å². The van der Waals surface area contributed by atoms with E-state index in [0.717, 1.165) is 25.1 Å². The van der Waals surface area contributed by atoms with Crippen LogP contribution < -0.4 is 5.32 Å². The Kier molecular flexibility index (Phi) is 4.28. The van der Waals surface area contributed by atoms with Crippen LogP contribution in [0.25, 0.3) is 0 Å². The Morgan fingerprint density at radius 2 is 2.29 bits per heavy atom. The fourth-order valence-electron chi connectivity index (χ4n) is 1.05. The van der Waals surface area contributed by atoms with Gasteiger partial charge in [-0.05, 0) is 24.6 Å². The van der Waals surface area contributed by atoms with Crippen LogP contribution in [0, 0.1) is 18.2 Å². The third-order valence-electron chi connectivity index (χ3n) is 1.74. The van der Waals surface area contributed by atoms with E-state index in [-0.39, 0.29) is 5.82 Å². The summed E-state index contributed by atoms with van der Waals surface area (Å²) in [7, 11) is 0. The second-order valence-electron chi connectivity index (χ2n) is 2.86. The highest BCUT2D eigenvalue weighted by Crippen LogP contribution is 2.22. The van der Waals surface area contributed by atoms with Crippen LogP contribution in [0.2, 0.25) is 5.02 Å². The molecule has 3 heteroatoms. The normalized spacial score (nSPS) is 9.50. The lowest BCUT2D eigenvalue weighted by Crippen LogP contribution is -2.01. The van der Waals surface area contributed by atoms with E-state index < -0.39 is 0 Å². The smallest absolute Gasteiger partial charge is 0.124 e. The fraction of sp³-hybridized carbons (Fsp3) is 0.273. The van der Waals surface area contributed by atoms with E-state index in [4.69, 9.17) is 18.0 Å². The molecule has 1 aromatic rings. The maximum Gasteiger partial charge on any atom is 0.124 e. The number of hydrogen-bond donors (Lipinski definition) is 1. The number of benzene rings is 1. The molecule has 1 nitrogen and oxygen atoms in total. The van der Waals surface area contributed by atoms with E-state index in [1.54, 1.807) is 6.07 Å². The van der Waals surface area contributed by atoms with E-state index in [2.05, 4.69) is 11.2 Å². The van der Waals surface area contributed by atoms with Gasteiger partial charge in [-0.3, -0.25) is 0 Å². The monoisotopic (exact) mass is 211 g/mol. The molecule has 0 radical (unpaired) electrons. The zero-order chi connectivity index (χ0) is 10.4. The zero-order valence-electron chi connectivity index (χ0n) is 7.69. The maximum atomic E-state index is 12.7. The molecular weight excluding hydrogens is 201 g/mol. The molecule has 0 fully saturated rings.